The quantitative estimate of drug-likeness (QED) is 0.453. The average Bonchev–Trinajstić information content (AvgIpc) is 2.82. The third-order valence-electron chi connectivity index (χ3n) is 6.14. The highest BCUT2D eigenvalue weighted by molar-refractivity contribution is 7.89. The zero-order valence-corrected chi connectivity index (χ0v) is 22.0. The molecule has 2 aromatic carbocycles. The molecule has 3 aromatic rings. The number of likely N-dealkylation sites (N-methyl/N-ethyl adjacent to an activating group) is 1. The molecule has 0 saturated carbocycles. The highest BCUT2D eigenvalue weighted by atomic mass is 35.5. The Hall–Kier alpha value is -1.90. The van der Waals surface area contributed by atoms with Crippen LogP contribution in [-0.2, 0) is 16.6 Å². The first-order chi connectivity index (χ1) is 15.9. The number of pyridine rings is 1. The van der Waals surface area contributed by atoms with Crippen molar-refractivity contribution in [2.75, 3.05) is 43.4 Å². The molecule has 0 bridgehead atoms. The van der Waals surface area contributed by atoms with Crippen LogP contribution in [0.25, 0.3) is 22.0 Å². The van der Waals surface area contributed by atoms with Crippen LogP contribution in [0.5, 0.6) is 0 Å². The first-order valence-corrected chi connectivity index (χ1v) is 13.6. The second-order valence-electron chi connectivity index (χ2n) is 8.42. The Kier molecular flexibility index (Phi) is 9.18. The van der Waals surface area contributed by atoms with E-state index in [4.69, 9.17) is 16.6 Å². The van der Waals surface area contributed by atoms with E-state index in [1.54, 1.807) is 0 Å². The van der Waals surface area contributed by atoms with E-state index in [1.807, 2.05) is 31.2 Å². The molecule has 34 heavy (non-hydrogen) atoms. The van der Waals surface area contributed by atoms with Gasteiger partial charge in [-0.05, 0) is 36.0 Å². The number of aromatic nitrogens is 1. The van der Waals surface area contributed by atoms with E-state index < -0.39 is 10.0 Å². The lowest BCUT2D eigenvalue weighted by Gasteiger charge is -2.35. The molecule has 184 valence electrons. The molecule has 9 heteroatoms. The van der Waals surface area contributed by atoms with Crippen molar-refractivity contribution >= 4 is 50.6 Å². The Labute approximate surface area is 213 Å². The molecule has 6 nitrogen and oxygen atoms in total. The Morgan fingerprint density at radius 2 is 1.76 bits per heavy atom. The summed E-state index contributed by atoms with van der Waals surface area (Å²) in [6, 6.07) is 16.2. The summed E-state index contributed by atoms with van der Waals surface area (Å²) in [4.78, 5) is 9.89. The molecular formula is C25H32Cl2N4O2S. The molecule has 2 heterocycles. The van der Waals surface area contributed by atoms with Crippen LogP contribution in [0.1, 0.15) is 25.8 Å². The Bertz CT molecular complexity index is 1230. The van der Waals surface area contributed by atoms with Crippen LogP contribution in [0.3, 0.4) is 0 Å². The molecular weight excluding hydrogens is 491 g/mol. The summed E-state index contributed by atoms with van der Waals surface area (Å²) >= 11 is 6.55. The van der Waals surface area contributed by atoms with Gasteiger partial charge in [-0.3, -0.25) is 0 Å². The standard InChI is InChI=1S/C25H31ClN4O2S.ClH/c1-3-15-33(31,32)27-18-21-10-9-20(16-23(21)26)24-17-19-7-5-6-8-22(19)25(28-24)30-13-11-29(4-2)12-14-30;/h5-10,16-17,27H,3-4,11-15,18H2,1-2H3;1H. The van der Waals surface area contributed by atoms with Gasteiger partial charge >= 0.3 is 0 Å². The van der Waals surface area contributed by atoms with E-state index in [0.29, 0.717) is 11.4 Å². The molecule has 0 radical (unpaired) electrons. The van der Waals surface area contributed by atoms with Crippen molar-refractivity contribution in [3.63, 3.8) is 0 Å². The number of hydrogen-bond donors (Lipinski definition) is 1. The average molecular weight is 524 g/mol. The van der Waals surface area contributed by atoms with Gasteiger partial charge in [0.15, 0.2) is 0 Å². The Morgan fingerprint density at radius 3 is 2.44 bits per heavy atom. The van der Waals surface area contributed by atoms with E-state index in [1.165, 1.54) is 0 Å². The molecule has 1 aliphatic heterocycles. The summed E-state index contributed by atoms with van der Waals surface area (Å²) in [6.07, 6.45) is 0.575. The minimum absolute atomic E-state index is 0. The summed E-state index contributed by atoms with van der Waals surface area (Å²) < 4.78 is 26.6. The van der Waals surface area contributed by atoms with Crippen molar-refractivity contribution in [2.45, 2.75) is 26.8 Å². The molecule has 0 unspecified atom stereocenters. The highest BCUT2D eigenvalue weighted by Crippen LogP contribution is 2.32. The lowest BCUT2D eigenvalue weighted by atomic mass is 10.0. The van der Waals surface area contributed by atoms with Gasteiger partial charge in [-0.15, -0.1) is 12.4 Å². The van der Waals surface area contributed by atoms with Gasteiger partial charge in [0.1, 0.15) is 5.82 Å². The molecule has 1 saturated heterocycles. The molecule has 1 aromatic heterocycles. The van der Waals surface area contributed by atoms with Crippen LogP contribution in [0.15, 0.2) is 48.5 Å². The van der Waals surface area contributed by atoms with E-state index in [-0.39, 0.29) is 24.7 Å². The third-order valence-corrected chi connectivity index (χ3v) is 8.03. The number of fused-ring (bicyclic) bond motifs is 1. The lowest BCUT2D eigenvalue weighted by Crippen LogP contribution is -2.46. The third kappa shape index (κ3) is 6.20. The number of rotatable bonds is 8. The summed E-state index contributed by atoms with van der Waals surface area (Å²) in [7, 11) is -3.29. The maximum Gasteiger partial charge on any atom is 0.211 e. The summed E-state index contributed by atoms with van der Waals surface area (Å²) in [5.41, 5.74) is 2.53. The van der Waals surface area contributed by atoms with Crippen LogP contribution in [0.4, 0.5) is 5.82 Å². The fourth-order valence-corrected chi connectivity index (χ4v) is 5.53. The van der Waals surface area contributed by atoms with E-state index in [9.17, 15) is 8.42 Å². The topological polar surface area (TPSA) is 65.5 Å². The van der Waals surface area contributed by atoms with Gasteiger partial charge in [0.05, 0.1) is 11.4 Å². The number of hydrogen-bond acceptors (Lipinski definition) is 5. The number of piperazine rings is 1. The first-order valence-electron chi connectivity index (χ1n) is 11.5. The van der Waals surface area contributed by atoms with Crippen LogP contribution < -0.4 is 9.62 Å². The maximum absolute atomic E-state index is 12.0. The number of nitrogens with zero attached hydrogens (tertiary/aromatic N) is 3. The lowest BCUT2D eigenvalue weighted by molar-refractivity contribution is 0.271. The Morgan fingerprint density at radius 1 is 1.03 bits per heavy atom. The number of sulfonamides is 1. The van der Waals surface area contributed by atoms with Crippen molar-refractivity contribution in [1.82, 2.24) is 14.6 Å². The SMILES string of the molecule is CCCS(=O)(=O)NCc1ccc(-c2cc3ccccc3c(N3CCN(CC)CC3)n2)cc1Cl.Cl. The fraction of sp³-hybridized carbons (Fsp3) is 0.400. The van der Waals surface area contributed by atoms with Crippen molar-refractivity contribution in [1.29, 1.82) is 0 Å². The molecule has 0 amide bonds. The number of nitrogens with one attached hydrogen (secondary N) is 1. The van der Waals surface area contributed by atoms with Crippen molar-refractivity contribution in [2.24, 2.45) is 0 Å². The van der Waals surface area contributed by atoms with Crippen molar-refractivity contribution in [3.8, 4) is 11.3 Å². The van der Waals surface area contributed by atoms with Gasteiger partial charge in [0, 0.05) is 48.7 Å². The molecule has 4 rings (SSSR count). The second kappa shape index (κ2) is 11.7. The van der Waals surface area contributed by atoms with Gasteiger partial charge in [0.25, 0.3) is 0 Å². The molecule has 0 atom stereocenters. The molecule has 0 aliphatic carbocycles. The van der Waals surface area contributed by atoms with Crippen LogP contribution in [0.2, 0.25) is 5.02 Å². The fourth-order valence-electron chi connectivity index (χ4n) is 4.22. The monoisotopic (exact) mass is 522 g/mol. The summed E-state index contributed by atoms with van der Waals surface area (Å²) in [5, 5.41) is 2.82. The zero-order chi connectivity index (χ0) is 23.4. The summed E-state index contributed by atoms with van der Waals surface area (Å²) in [6.45, 7) is 9.26. The van der Waals surface area contributed by atoms with Gasteiger partial charge in [0.2, 0.25) is 10.0 Å². The minimum Gasteiger partial charge on any atom is -0.354 e. The smallest absolute Gasteiger partial charge is 0.211 e. The number of anilines is 1. The van der Waals surface area contributed by atoms with E-state index in [0.717, 1.165) is 66.1 Å². The predicted octanol–water partition coefficient (Wildman–Crippen LogP) is 4.95. The normalized spacial score (nSPS) is 14.9. The van der Waals surface area contributed by atoms with Gasteiger partial charge in [-0.1, -0.05) is 61.8 Å². The van der Waals surface area contributed by atoms with Crippen LogP contribution in [-0.4, -0.2) is 56.8 Å². The zero-order valence-electron chi connectivity index (χ0n) is 19.6. The maximum atomic E-state index is 12.0. The van der Waals surface area contributed by atoms with Crippen molar-refractivity contribution < 1.29 is 8.42 Å². The molecule has 1 aliphatic rings. The minimum atomic E-state index is -3.29. The van der Waals surface area contributed by atoms with Gasteiger partial charge in [-0.25, -0.2) is 18.1 Å². The second-order valence-corrected chi connectivity index (χ2v) is 10.8. The number of benzene rings is 2. The largest absolute Gasteiger partial charge is 0.354 e. The highest BCUT2D eigenvalue weighted by Gasteiger charge is 2.20. The first kappa shape index (κ1) is 26.7. The predicted molar refractivity (Wildman–Crippen MR) is 145 cm³/mol. The van der Waals surface area contributed by atoms with Crippen LogP contribution in [0, 0.1) is 0 Å². The van der Waals surface area contributed by atoms with E-state index in [2.05, 4.69) is 45.7 Å². The van der Waals surface area contributed by atoms with E-state index >= 15 is 0 Å². The Balaban J connectivity index is 0.00000324. The molecule has 0 spiro atoms. The van der Waals surface area contributed by atoms with Gasteiger partial charge in [-0.2, -0.15) is 0 Å². The van der Waals surface area contributed by atoms with Gasteiger partial charge < -0.3 is 9.80 Å². The molecule has 1 fully saturated rings. The summed E-state index contributed by atoms with van der Waals surface area (Å²) in [5.74, 6) is 1.12. The number of halogens is 2. The van der Waals surface area contributed by atoms with Crippen LogP contribution >= 0.6 is 24.0 Å². The van der Waals surface area contributed by atoms with Crippen molar-refractivity contribution in [3.05, 3.63) is 59.1 Å². The molecule has 1 N–H and O–H groups in total.